The van der Waals surface area contributed by atoms with Gasteiger partial charge in [-0.25, -0.2) is 0 Å². The molecule has 2 saturated heterocycles. The van der Waals surface area contributed by atoms with E-state index < -0.39 is 29.6 Å². The summed E-state index contributed by atoms with van der Waals surface area (Å²) in [5.74, 6) is -1.96. The monoisotopic (exact) mass is 483 g/mol. The minimum Gasteiger partial charge on any atom is -0.359 e. The van der Waals surface area contributed by atoms with Crippen molar-refractivity contribution in [3.05, 3.63) is 40.9 Å². The number of anilines is 1. The molecule has 34 heavy (non-hydrogen) atoms. The molecule has 1 aromatic carbocycles. The van der Waals surface area contributed by atoms with E-state index in [1.165, 1.54) is 6.42 Å². The van der Waals surface area contributed by atoms with Crippen molar-refractivity contribution < 1.29 is 19.1 Å². The van der Waals surface area contributed by atoms with Gasteiger partial charge in [0.05, 0.1) is 17.9 Å². The third-order valence-electron chi connectivity index (χ3n) is 8.19. The molecule has 3 amide bonds. The normalized spacial score (nSPS) is 34.4. The lowest BCUT2D eigenvalue weighted by atomic mass is 9.74. The number of aryl methyl sites for hydroxylation is 1. The maximum absolute atomic E-state index is 13.8. The molecule has 2 N–H and O–H groups in total. The van der Waals surface area contributed by atoms with E-state index in [1.807, 2.05) is 25.1 Å². The van der Waals surface area contributed by atoms with Crippen molar-refractivity contribution in [2.75, 3.05) is 5.32 Å². The molecule has 2 saturated carbocycles. The third-order valence-corrected chi connectivity index (χ3v) is 8.60. The molecule has 5 atom stereocenters. The van der Waals surface area contributed by atoms with E-state index in [4.69, 9.17) is 16.3 Å². The van der Waals surface area contributed by atoms with E-state index in [9.17, 15) is 14.4 Å². The number of ether oxygens (including phenoxy) is 1. The number of carbonyl (C=O) groups excluding carboxylic acids is 3. The average molecular weight is 484 g/mol. The Balaban J connectivity index is 1.29. The van der Waals surface area contributed by atoms with Crippen LogP contribution in [0.15, 0.2) is 30.4 Å². The Morgan fingerprint density at radius 3 is 2.59 bits per heavy atom. The number of rotatable bonds is 5. The summed E-state index contributed by atoms with van der Waals surface area (Å²) in [4.78, 5) is 42.6. The van der Waals surface area contributed by atoms with Gasteiger partial charge in [0.15, 0.2) is 0 Å². The number of carbonyl (C=O) groups is 3. The molecule has 3 heterocycles. The molecule has 2 aliphatic carbocycles. The molecule has 8 heteroatoms. The first-order valence-corrected chi connectivity index (χ1v) is 12.8. The average Bonchev–Trinajstić information content (AvgIpc) is 3.41. The van der Waals surface area contributed by atoms with Gasteiger partial charge in [-0.2, -0.15) is 0 Å². The molecular formula is C26H30ClN3O4. The van der Waals surface area contributed by atoms with Crippen LogP contribution in [0.25, 0.3) is 0 Å². The van der Waals surface area contributed by atoms with E-state index in [0.717, 1.165) is 44.1 Å². The van der Waals surface area contributed by atoms with Crippen molar-refractivity contribution in [2.24, 2.45) is 11.8 Å². The molecule has 0 unspecified atom stereocenters. The second-order valence-electron chi connectivity index (χ2n) is 10.5. The topological polar surface area (TPSA) is 87.7 Å². The number of fused-ring (bicyclic) bond motifs is 1. The van der Waals surface area contributed by atoms with Crippen LogP contribution in [-0.2, 0) is 19.1 Å². The lowest BCUT2D eigenvalue weighted by molar-refractivity contribution is -0.142. The Bertz CT molecular complexity index is 1080. The zero-order chi connectivity index (χ0) is 23.6. The van der Waals surface area contributed by atoms with Gasteiger partial charge in [-0.05, 0) is 50.3 Å². The zero-order valence-electron chi connectivity index (χ0n) is 19.3. The molecule has 2 bridgehead atoms. The summed E-state index contributed by atoms with van der Waals surface area (Å²) in [6.07, 6.45) is 10.3. The molecule has 6 rings (SSSR count). The van der Waals surface area contributed by atoms with Gasteiger partial charge in [-0.1, -0.05) is 49.1 Å². The smallest absolute Gasteiger partial charge is 0.246 e. The minimum absolute atomic E-state index is 0.0465. The SMILES string of the molecule is Cc1ccc(NC(=O)[C@@H]2[C@@H]3C=C[C@]4(O3)[C@@H]2C(=O)N(C2CC2)[C@@H]4C(=O)NC2CCCCC2)cc1Cl. The molecule has 7 nitrogen and oxygen atoms in total. The number of hydrogen-bond donors (Lipinski definition) is 2. The predicted octanol–water partition coefficient (Wildman–Crippen LogP) is 3.35. The largest absolute Gasteiger partial charge is 0.359 e. The summed E-state index contributed by atoms with van der Waals surface area (Å²) in [6, 6.07) is 4.81. The number of nitrogens with zero attached hydrogens (tertiary/aromatic N) is 1. The van der Waals surface area contributed by atoms with Gasteiger partial charge in [0, 0.05) is 22.8 Å². The number of halogens is 1. The van der Waals surface area contributed by atoms with Crippen LogP contribution < -0.4 is 10.6 Å². The third kappa shape index (κ3) is 3.39. The molecule has 5 aliphatic rings. The highest BCUT2D eigenvalue weighted by molar-refractivity contribution is 6.31. The lowest BCUT2D eigenvalue weighted by Crippen LogP contribution is -2.57. The highest BCUT2D eigenvalue weighted by Gasteiger charge is 2.74. The second kappa shape index (κ2) is 8.09. The van der Waals surface area contributed by atoms with Crippen molar-refractivity contribution in [3.8, 4) is 0 Å². The van der Waals surface area contributed by atoms with Gasteiger partial charge in [-0.15, -0.1) is 0 Å². The maximum Gasteiger partial charge on any atom is 0.246 e. The Morgan fingerprint density at radius 1 is 1.12 bits per heavy atom. The van der Waals surface area contributed by atoms with Crippen LogP contribution in [-0.4, -0.2) is 52.5 Å². The number of hydrogen-bond acceptors (Lipinski definition) is 4. The van der Waals surface area contributed by atoms with E-state index in [1.54, 1.807) is 17.0 Å². The van der Waals surface area contributed by atoms with Crippen LogP contribution in [0.3, 0.4) is 0 Å². The molecule has 180 valence electrons. The van der Waals surface area contributed by atoms with E-state index in [0.29, 0.717) is 10.7 Å². The molecule has 0 aromatic heterocycles. The van der Waals surface area contributed by atoms with Crippen molar-refractivity contribution in [3.63, 3.8) is 0 Å². The van der Waals surface area contributed by atoms with Crippen LogP contribution >= 0.6 is 11.6 Å². The number of nitrogens with one attached hydrogen (secondary N) is 2. The summed E-state index contributed by atoms with van der Waals surface area (Å²) in [5, 5.41) is 6.71. The van der Waals surface area contributed by atoms with E-state index in [2.05, 4.69) is 10.6 Å². The molecule has 0 radical (unpaired) electrons. The van der Waals surface area contributed by atoms with Crippen LogP contribution in [0, 0.1) is 18.8 Å². The molecule has 1 aromatic rings. The van der Waals surface area contributed by atoms with E-state index >= 15 is 0 Å². The first-order chi connectivity index (χ1) is 16.4. The van der Waals surface area contributed by atoms with Gasteiger partial charge in [-0.3, -0.25) is 14.4 Å². The van der Waals surface area contributed by atoms with Crippen LogP contribution in [0.4, 0.5) is 5.69 Å². The van der Waals surface area contributed by atoms with Gasteiger partial charge >= 0.3 is 0 Å². The van der Waals surface area contributed by atoms with E-state index in [-0.39, 0.29) is 29.8 Å². The Labute approximate surface area is 204 Å². The first-order valence-electron chi connectivity index (χ1n) is 12.5. The van der Waals surface area contributed by atoms with Gasteiger partial charge in [0.25, 0.3) is 0 Å². The van der Waals surface area contributed by atoms with Crippen LogP contribution in [0.5, 0.6) is 0 Å². The van der Waals surface area contributed by atoms with Crippen LogP contribution in [0.2, 0.25) is 5.02 Å². The van der Waals surface area contributed by atoms with Crippen molar-refractivity contribution >= 4 is 35.0 Å². The molecular weight excluding hydrogens is 454 g/mol. The minimum atomic E-state index is -1.09. The number of likely N-dealkylation sites (tertiary alicyclic amines) is 1. The second-order valence-corrected chi connectivity index (χ2v) is 10.9. The summed E-state index contributed by atoms with van der Waals surface area (Å²) >= 11 is 6.23. The lowest BCUT2D eigenvalue weighted by Gasteiger charge is -2.34. The summed E-state index contributed by atoms with van der Waals surface area (Å²) in [7, 11) is 0. The van der Waals surface area contributed by atoms with Gasteiger partial charge < -0.3 is 20.3 Å². The fraction of sp³-hybridized carbons (Fsp3) is 0.577. The Kier molecular flexibility index (Phi) is 5.26. The Morgan fingerprint density at radius 2 is 1.88 bits per heavy atom. The fourth-order valence-corrected chi connectivity index (χ4v) is 6.56. The van der Waals surface area contributed by atoms with Crippen molar-refractivity contribution in [2.45, 2.75) is 81.7 Å². The van der Waals surface area contributed by atoms with Crippen molar-refractivity contribution in [1.82, 2.24) is 10.2 Å². The zero-order valence-corrected chi connectivity index (χ0v) is 20.0. The summed E-state index contributed by atoms with van der Waals surface area (Å²) < 4.78 is 6.38. The quantitative estimate of drug-likeness (QED) is 0.629. The maximum atomic E-state index is 13.8. The van der Waals surface area contributed by atoms with Crippen molar-refractivity contribution in [1.29, 1.82) is 0 Å². The molecule has 1 spiro atoms. The van der Waals surface area contributed by atoms with Crippen LogP contribution in [0.1, 0.15) is 50.5 Å². The predicted molar refractivity (Wildman–Crippen MR) is 127 cm³/mol. The number of amides is 3. The highest BCUT2D eigenvalue weighted by Crippen LogP contribution is 2.57. The summed E-state index contributed by atoms with van der Waals surface area (Å²) in [5.41, 5.74) is 0.413. The molecule has 3 aliphatic heterocycles. The standard InChI is InChI=1S/C26H30ClN3O4/c1-14-7-8-16(13-18(14)27)29-23(31)20-19-11-12-26(34-19)21(20)25(33)30(17-9-10-17)22(26)24(32)28-15-5-3-2-4-6-15/h7-8,11-13,15,17,19-22H,2-6,9-10H2,1H3,(H,28,32)(H,29,31)/t19-,20+,21-,22+,26-/m0/s1. The first kappa shape index (κ1) is 22.1. The highest BCUT2D eigenvalue weighted by atomic mass is 35.5. The summed E-state index contributed by atoms with van der Waals surface area (Å²) in [6.45, 7) is 1.90. The van der Waals surface area contributed by atoms with Gasteiger partial charge in [0.2, 0.25) is 17.7 Å². The number of benzene rings is 1. The fourth-order valence-electron chi connectivity index (χ4n) is 6.38. The molecule has 4 fully saturated rings. The van der Waals surface area contributed by atoms with Gasteiger partial charge in [0.1, 0.15) is 11.6 Å². The Hall–Kier alpha value is -2.38.